The maximum atomic E-state index is 6.12. The third kappa shape index (κ3) is 7.87. The molecule has 0 aliphatic carbocycles. The molecule has 1 saturated heterocycles. The molecule has 2 aliphatic rings. The number of aliphatic imine (C=N–C) groups is 1. The van der Waals surface area contributed by atoms with Crippen LogP contribution in [0.1, 0.15) is 77.9 Å². The molecule has 0 radical (unpaired) electrons. The van der Waals surface area contributed by atoms with Crippen molar-refractivity contribution in [2.75, 3.05) is 26.2 Å². The summed E-state index contributed by atoms with van der Waals surface area (Å²) in [4.78, 5) is 4.90. The number of guanidine groups is 1. The first-order valence-electron chi connectivity index (χ1n) is 12.0. The van der Waals surface area contributed by atoms with Crippen molar-refractivity contribution in [2.45, 2.75) is 91.7 Å². The van der Waals surface area contributed by atoms with Crippen molar-refractivity contribution in [2.24, 2.45) is 16.3 Å². The second-order valence-corrected chi connectivity index (χ2v) is 9.80. The first-order chi connectivity index (χ1) is 14.5. The minimum absolute atomic E-state index is 0. The van der Waals surface area contributed by atoms with Crippen molar-refractivity contribution < 1.29 is 4.74 Å². The first-order valence-corrected chi connectivity index (χ1v) is 12.0. The van der Waals surface area contributed by atoms with Crippen LogP contribution in [0, 0.1) is 11.3 Å². The molecule has 0 aromatic carbocycles. The fourth-order valence-electron chi connectivity index (χ4n) is 4.72. The highest BCUT2D eigenvalue weighted by atomic mass is 127. The third-order valence-electron chi connectivity index (χ3n) is 6.18. The lowest BCUT2D eigenvalue weighted by atomic mass is 9.78. The normalized spacial score (nSPS) is 22.3. The summed E-state index contributed by atoms with van der Waals surface area (Å²) in [5.74, 6) is 3.72. The van der Waals surface area contributed by atoms with Crippen molar-refractivity contribution in [3.8, 4) is 0 Å². The standard InChI is InChI=1S/C23H42N6O.HI/c1-5-24-22(26-17-18-11-10-16-30-21(18)23(2,3)4)25-14-9-13-20-28-27-19-12-7-6-8-15-29(19)20;/h18,21H,5-17H2,1-4H3,(H2,24,25,26);1H. The lowest BCUT2D eigenvalue weighted by molar-refractivity contribution is -0.0823. The van der Waals surface area contributed by atoms with Crippen LogP contribution >= 0.6 is 24.0 Å². The fraction of sp³-hybridized carbons (Fsp3) is 0.870. The van der Waals surface area contributed by atoms with E-state index < -0.39 is 0 Å². The second kappa shape index (κ2) is 13.0. The minimum atomic E-state index is 0. The smallest absolute Gasteiger partial charge is 0.191 e. The molecule has 0 saturated carbocycles. The summed E-state index contributed by atoms with van der Waals surface area (Å²) in [6, 6.07) is 0. The quantitative estimate of drug-likeness (QED) is 0.235. The zero-order chi connectivity index (χ0) is 21.4. The Balaban J connectivity index is 0.00000341. The molecule has 0 amide bonds. The molecule has 0 bridgehead atoms. The van der Waals surface area contributed by atoms with E-state index in [1.54, 1.807) is 0 Å². The summed E-state index contributed by atoms with van der Waals surface area (Å²) < 4.78 is 8.47. The van der Waals surface area contributed by atoms with E-state index in [0.717, 1.165) is 70.3 Å². The van der Waals surface area contributed by atoms with Crippen LogP contribution in [0.2, 0.25) is 0 Å². The summed E-state index contributed by atoms with van der Waals surface area (Å²) >= 11 is 0. The van der Waals surface area contributed by atoms with Gasteiger partial charge in [0.2, 0.25) is 0 Å². The van der Waals surface area contributed by atoms with Gasteiger partial charge in [-0.05, 0) is 44.4 Å². The van der Waals surface area contributed by atoms with Gasteiger partial charge in [-0.2, -0.15) is 0 Å². The number of fused-ring (bicyclic) bond motifs is 1. The average molecular weight is 547 g/mol. The van der Waals surface area contributed by atoms with Gasteiger partial charge >= 0.3 is 0 Å². The molecule has 2 N–H and O–H groups in total. The van der Waals surface area contributed by atoms with Crippen LogP contribution in [0.3, 0.4) is 0 Å². The van der Waals surface area contributed by atoms with Gasteiger partial charge in [0.15, 0.2) is 5.96 Å². The molecule has 2 unspecified atom stereocenters. The van der Waals surface area contributed by atoms with Crippen molar-refractivity contribution in [1.29, 1.82) is 0 Å². The summed E-state index contributed by atoms with van der Waals surface area (Å²) in [5.41, 5.74) is 0.155. The van der Waals surface area contributed by atoms with E-state index in [0.29, 0.717) is 5.92 Å². The molecule has 2 aliphatic heterocycles. The lowest BCUT2D eigenvalue weighted by Gasteiger charge is -2.39. The van der Waals surface area contributed by atoms with Gasteiger partial charge in [-0.25, -0.2) is 0 Å². The number of halogens is 1. The number of hydrogen-bond donors (Lipinski definition) is 2. The van der Waals surface area contributed by atoms with Gasteiger partial charge in [0.25, 0.3) is 0 Å². The van der Waals surface area contributed by atoms with E-state index in [1.807, 2.05) is 0 Å². The van der Waals surface area contributed by atoms with Crippen LogP contribution < -0.4 is 10.6 Å². The summed E-state index contributed by atoms with van der Waals surface area (Å²) in [7, 11) is 0. The maximum absolute atomic E-state index is 6.12. The number of ether oxygens (including phenoxy) is 1. The molecule has 7 nitrogen and oxygen atoms in total. The average Bonchev–Trinajstić information content (AvgIpc) is 2.94. The maximum Gasteiger partial charge on any atom is 0.191 e. The van der Waals surface area contributed by atoms with E-state index >= 15 is 0 Å². The predicted octanol–water partition coefficient (Wildman–Crippen LogP) is 3.95. The van der Waals surface area contributed by atoms with E-state index in [4.69, 9.17) is 9.73 Å². The minimum Gasteiger partial charge on any atom is -0.377 e. The van der Waals surface area contributed by atoms with Crippen LogP contribution in [0.25, 0.3) is 0 Å². The molecule has 31 heavy (non-hydrogen) atoms. The largest absolute Gasteiger partial charge is 0.377 e. The second-order valence-electron chi connectivity index (χ2n) is 9.80. The Bertz CT molecular complexity index is 684. The molecule has 2 atom stereocenters. The van der Waals surface area contributed by atoms with Gasteiger partial charge in [-0.3, -0.25) is 4.99 Å². The Morgan fingerprint density at radius 1 is 1.16 bits per heavy atom. The Kier molecular flexibility index (Phi) is 11.0. The van der Waals surface area contributed by atoms with E-state index in [1.165, 1.54) is 31.5 Å². The van der Waals surface area contributed by atoms with Gasteiger partial charge in [-0.1, -0.05) is 27.2 Å². The van der Waals surface area contributed by atoms with Gasteiger partial charge < -0.3 is 19.9 Å². The van der Waals surface area contributed by atoms with Crippen molar-refractivity contribution in [1.82, 2.24) is 25.4 Å². The van der Waals surface area contributed by atoms with Crippen LogP contribution in [0.15, 0.2) is 4.99 Å². The Labute approximate surface area is 205 Å². The van der Waals surface area contributed by atoms with Crippen LogP contribution in [-0.2, 0) is 24.1 Å². The topological polar surface area (TPSA) is 76.4 Å². The zero-order valence-corrected chi connectivity index (χ0v) is 22.3. The number of hydrogen-bond acceptors (Lipinski definition) is 4. The van der Waals surface area contributed by atoms with Crippen molar-refractivity contribution in [3.05, 3.63) is 11.6 Å². The monoisotopic (exact) mass is 546 g/mol. The number of rotatable bonds is 7. The molecular formula is C23H43IN6O. The van der Waals surface area contributed by atoms with Gasteiger partial charge in [-0.15, -0.1) is 34.2 Å². The molecule has 178 valence electrons. The Morgan fingerprint density at radius 2 is 2.00 bits per heavy atom. The van der Waals surface area contributed by atoms with Crippen LogP contribution in [-0.4, -0.2) is 53.1 Å². The summed E-state index contributed by atoms with van der Waals surface area (Å²) in [6.07, 6.45) is 9.46. The zero-order valence-electron chi connectivity index (χ0n) is 20.0. The molecule has 8 heteroatoms. The number of aromatic nitrogens is 3. The highest BCUT2D eigenvalue weighted by molar-refractivity contribution is 14.0. The van der Waals surface area contributed by atoms with Crippen molar-refractivity contribution >= 4 is 29.9 Å². The highest BCUT2D eigenvalue weighted by Crippen LogP contribution is 2.34. The molecule has 3 rings (SSSR count). The molecular weight excluding hydrogens is 503 g/mol. The van der Waals surface area contributed by atoms with E-state index in [9.17, 15) is 0 Å². The van der Waals surface area contributed by atoms with Crippen LogP contribution in [0.5, 0.6) is 0 Å². The van der Waals surface area contributed by atoms with Gasteiger partial charge in [0.05, 0.1) is 6.10 Å². The molecule has 1 aromatic rings. The summed E-state index contributed by atoms with van der Waals surface area (Å²) in [6.45, 7) is 13.5. The third-order valence-corrected chi connectivity index (χ3v) is 6.18. The lowest BCUT2D eigenvalue weighted by Crippen LogP contribution is -2.43. The molecule has 1 fully saturated rings. The number of nitrogens with one attached hydrogen (secondary N) is 2. The predicted molar refractivity (Wildman–Crippen MR) is 137 cm³/mol. The van der Waals surface area contributed by atoms with Crippen LogP contribution in [0.4, 0.5) is 0 Å². The Hall–Kier alpha value is -0.900. The molecule has 3 heterocycles. The highest BCUT2D eigenvalue weighted by Gasteiger charge is 2.35. The Morgan fingerprint density at radius 3 is 2.77 bits per heavy atom. The van der Waals surface area contributed by atoms with Crippen molar-refractivity contribution in [3.63, 3.8) is 0 Å². The number of nitrogens with zero attached hydrogens (tertiary/aromatic N) is 4. The summed E-state index contributed by atoms with van der Waals surface area (Å²) in [5, 5.41) is 15.8. The number of aryl methyl sites for hydroxylation is 2. The van der Waals surface area contributed by atoms with E-state index in [2.05, 4.69) is 53.1 Å². The van der Waals surface area contributed by atoms with Gasteiger partial charge in [0.1, 0.15) is 11.6 Å². The first kappa shape index (κ1) is 26.4. The van der Waals surface area contributed by atoms with Gasteiger partial charge in [0, 0.05) is 51.5 Å². The fourth-order valence-corrected chi connectivity index (χ4v) is 4.72. The molecule has 0 spiro atoms. The molecule has 1 aromatic heterocycles. The SMILES string of the molecule is CCNC(=NCC1CCCOC1C(C)(C)C)NCCCc1nnc2n1CCCCC2.I. The van der Waals surface area contributed by atoms with E-state index in [-0.39, 0.29) is 35.5 Å².